The van der Waals surface area contributed by atoms with E-state index in [4.69, 9.17) is 9.47 Å². The lowest BCUT2D eigenvalue weighted by Crippen LogP contribution is -2.26. The molecular weight excluding hydrogens is 342 g/mol. The van der Waals surface area contributed by atoms with Crippen molar-refractivity contribution >= 4 is 11.8 Å². The SMILES string of the molecule is COc1ccccc1[C@@H]1C2=C(COC2=O)Nc2c1c(C#N)cn2C(C)(C)C. The summed E-state index contributed by atoms with van der Waals surface area (Å²) < 4.78 is 12.9. The third kappa shape index (κ3) is 2.50. The van der Waals surface area contributed by atoms with E-state index in [0.717, 1.165) is 22.6 Å². The smallest absolute Gasteiger partial charge is 0.337 e. The van der Waals surface area contributed by atoms with Gasteiger partial charge in [-0.15, -0.1) is 0 Å². The Morgan fingerprint density at radius 2 is 2.07 bits per heavy atom. The zero-order valence-electron chi connectivity index (χ0n) is 15.8. The van der Waals surface area contributed by atoms with E-state index in [2.05, 4.69) is 36.7 Å². The van der Waals surface area contributed by atoms with E-state index in [1.165, 1.54) is 0 Å². The number of carbonyl (C=O) groups excluding carboxylic acids is 1. The third-order valence-corrected chi connectivity index (χ3v) is 5.08. The molecule has 2 aromatic rings. The molecule has 0 bridgehead atoms. The molecule has 6 nitrogen and oxygen atoms in total. The molecule has 1 aromatic carbocycles. The minimum Gasteiger partial charge on any atom is -0.496 e. The Labute approximate surface area is 158 Å². The molecule has 0 radical (unpaired) electrons. The summed E-state index contributed by atoms with van der Waals surface area (Å²) in [5, 5.41) is 13.2. The molecule has 0 spiro atoms. The van der Waals surface area contributed by atoms with Crippen molar-refractivity contribution in [2.45, 2.75) is 32.2 Å². The van der Waals surface area contributed by atoms with Crippen molar-refractivity contribution in [1.29, 1.82) is 5.26 Å². The van der Waals surface area contributed by atoms with Crippen molar-refractivity contribution in [1.82, 2.24) is 4.57 Å². The van der Waals surface area contributed by atoms with E-state index < -0.39 is 5.92 Å². The van der Waals surface area contributed by atoms with Crippen molar-refractivity contribution in [2.75, 3.05) is 19.0 Å². The van der Waals surface area contributed by atoms with Crippen LogP contribution in [0.2, 0.25) is 0 Å². The van der Waals surface area contributed by atoms with Crippen LogP contribution in [-0.2, 0) is 15.1 Å². The Hall–Kier alpha value is -3.20. The normalized spacial score (nSPS) is 18.3. The molecule has 2 aliphatic heterocycles. The van der Waals surface area contributed by atoms with Crippen molar-refractivity contribution in [3.8, 4) is 11.8 Å². The summed E-state index contributed by atoms with van der Waals surface area (Å²) in [5.41, 5.74) is 3.23. The molecule has 1 atom stereocenters. The van der Waals surface area contributed by atoms with Crippen LogP contribution in [0.15, 0.2) is 41.7 Å². The number of nitriles is 1. The number of nitrogens with one attached hydrogen (secondary N) is 1. The number of rotatable bonds is 2. The number of para-hydroxylation sites is 1. The highest BCUT2D eigenvalue weighted by molar-refractivity contribution is 5.97. The number of hydrogen-bond acceptors (Lipinski definition) is 5. The van der Waals surface area contributed by atoms with Crippen LogP contribution >= 0.6 is 0 Å². The Bertz CT molecular complexity index is 1020. The number of hydrogen-bond donors (Lipinski definition) is 1. The van der Waals surface area contributed by atoms with E-state index >= 15 is 0 Å². The van der Waals surface area contributed by atoms with Crippen molar-refractivity contribution in [3.63, 3.8) is 0 Å². The predicted octanol–water partition coefficient (Wildman–Crippen LogP) is 3.49. The second-order valence-electron chi connectivity index (χ2n) is 7.73. The molecule has 0 saturated carbocycles. The van der Waals surface area contributed by atoms with Crippen LogP contribution < -0.4 is 10.1 Å². The summed E-state index contributed by atoms with van der Waals surface area (Å²) in [7, 11) is 1.61. The number of cyclic esters (lactones) is 1. The van der Waals surface area contributed by atoms with Crippen LogP contribution in [0.5, 0.6) is 5.75 Å². The molecule has 0 aliphatic carbocycles. The van der Waals surface area contributed by atoms with Gasteiger partial charge in [0.2, 0.25) is 0 Å². The summed E-state index contributed by atoms with van der Waals surface area (Å²) in [6.07, 6.45) is 1.85. The molecule has 4 rings (SSSR count). The molecule has 0 saturated heterocycles. The van der Waals surface area contributed by atoms with Gasteiger partial charge in [-0.05, 0) is 26.8 Å². The quantitative estimate of drug-likeness (QED) is 0.827. The summed E-state index contributed by atoms with van der Waals surface area (Å²) in [4.78, 5) is 12.6. The van der Waals surface area contributed by atoms with Crippen LogP contribution in [0.3, 0.4) is 0 Å². The fraction of sp³-hybridized carbons (Fsp3) is 0.333. The van der Waals surface area contributed by atoms with Crippen molar-refractivity contribution < 1.29 is 14.3 Å². The first-order chi connectivity index (χ1) is 12.9. The summed E-state index contributed by atoms with van der Waals surface area (Å²) in [5.74, 6) is 0.730. The van der Waals surface area contributed by atoms with Gasteiger partial charge in [-0.2, -0.15) is 5.26 Å². The molecule has 1 N–H and O–H groups in total. The maximum atomic E-state index is 12.6. The number of carbonyl (C=O) groups is 1. The maximum absolute atomic E-state index is 12.6. The van der Waals surface area contributed by atoms with Gasteiger partial charge in [0.15, 0.2) is 0 Å². The first-order valence-corrected chi connectivity index (χ1v) is 8.82. The summed E-state index contributed by atoms with van der Waals surface area (Å²) >= 11 is 0. The van der Waals surface area contributed by atoms with Gasteiger partial charge in [-0.3, -0.25) is 0 Å². The highest BCUT2D eigenvalue weighted by Crippen LogP contribution is 2.49. The van der Waals surface area contributed by atoms with E-state index in [0.29, 0.717) is 16.9 Å². The average molecular weight is 363 g/mol. The van der Waals surface area contributed by atoms with Crippen molar-refractivity contribution in [3.05, 3.63) is 58.4 Å². The summed E-state index contributed by atoms with van der Waals surface area (Å²) in [6, 6.07) is 9.90. The lowest BCUT2D eigenvalue weighted by Gasteiger charge is -2.30. The molecule has 2 aliphatic rings. The number of methoxy groups -OCH3 is 1. The molecular formula is C21H21N3O3. The minimum atomic E-state index is -0.416. The Morgan fingerprint density at radius 3 is 2.74 bits per heavy atom. The first kappa shape index (κ1) is 17.2. The monoisotopic (exact) mass is 363 g/mol. The van der Waals surface area contributed by atoms with Crippen LogP contribution in [-0.4, -0.2) is 24.3 Å². The van der Waals surface area contributed by atoms with Gasteiger partial charge in [-0.1, -0.05) is 18.2 Å². The van der Waals surface area contributed by atoms with E-state index in [1.54, 1.807) is 7.11 Å². The molecule has 27 heavy (non-hydrogen) atoms. The van der Waals surface area contributed by atoms with Gasteiger partial charge >= 0.3 is 5.97 Å². The molecule has 6 heteroatoms. The van der Waals surface area contributed by atoms with Crippen molar-refractivity contribution in [2.24, 2.45) is 0 Å². The van der Waals surface area contributed by atoms with E-state index in [-0.39, 0.29) is 18.1 Å². The molecule has 3 heterocycles. The Balaban J connectivity index is 2.05. The standard InChI is InChI=1S/C21H21N3O3/c1-21(2,3)24-10-12(9-22)16-17(13-7-5-6-8-15(13)26-4)18-14(23-19(16)24)11-27-20(18)25/h5-8,10,17,23H,11H2,1-4H3/t17-/m0/s1. The number of esters is 1. The van der Waals surface area contributed by atoms with E-state index in [9.17, 15) is 10.1 Å². The fourth-order valence-corrected chi connectivity index (χ4v) is 3.87. The fourth-order valence-electron chi connectivity index (χ4n) is 3.87. The highest BCUT2D eigenvalue weighted by atomic mass is 16.5. The van der Waals surface area contributed by atoms with Gasteiger partial charge < -0.3 is 19.4 Å². The zero-order valence-corrected chi connectivity index (χ0v) is 15.8. The average Bonchev–Trinajstić information content (AvgIpc) is 3.20. The second kappa shape index (κ2) is 5.92. The first-order valence-electron chi connectivity index (χ1n) is 8.82. The van der Waals surface area contributed by atoms with E-state index in [1.807, 2.05) is 30.5 Å². The number of aromatic nitrogens is 1. The lowest BCUT2D eigenvalue weighted by atomic mass is 9.81. The van der Waals surface area contributed by atoms with Crippen LogP contribution in [0.25, 0.3) is 0 Å². The van der Waals surface area contributed by atoms with Gasteiger partial charge in [0.1, 0.15) is 24.2 Å². The molecule has 0 unspecified atom stereocenters. The molecule has 0 fully saturated rings. The van der Waals surface area contributed by atoms with Gasteiger partial charge in [0, 0.05) is 22.9 Å². The maximum Gasteiger partial charge on any atom is 0.337 e. The Kier molecular flexibility index (Phi) is 3.77. The highest BCUT2D eigenvalue weighted by Gasteiger charge is 2.43. The minimum absolute atomic E-state index is 0.205. The number of nitrogens with zero attached hydrogens (tertiary/aromatic N) is 2. The number of ether oxygens (including phenoxy) is 2. The van der Waals surface area contributed by atoms with Gasteiger partial charge in [0.25, 0.3) is 0 Å². The van der Waals surface area contributed by atoms with Crippen LogP contribution in [0.1, 0.15) is 43.4 Å². The van der Waals surface area contributed by atoms with Crippen LogP contribution in [0.4, 0.5) is 5.82 Å². The zero-order chi connectivity index (χ0) is 19.3. The van der Waals surface area contributed by atoms with Crippen LogP contribution in [0, 0.1) is 11.3 Å². The summed E-state index contributed by atoms with van der Waals surface area (Å²) in [6.45, 7) is 6.44. The number of fused-ring (bicyclic) bond motifs is 1. The molecule has 1 aromatic heterocycles. The Morgan fingerprint density at radius 1 is 1.33 bits per heavy atom. The topological polar surface area (TPSA) is 76.3 Å². The predicted molar refractivity (Wildman–Crippen MR) is 101 cm³/mol. The third-order valence-electron chi connectivity index (χ3n) is 5.08. The molecule has 0 amide bonds. The lowest BCUT2D eigenvalue weighted by molar-refractivity contribution is -0.136. The number of anilines is 1. The number of benzene rings is 1. The largest absolute Gasteiger partial charge is 0.496 e. The molecule has 138 valence electrons. The van der Waals surface area contributed by atoms with Gasteiger partial charge in [-0.25, -0.2) is 4.79 Å². The second-order valence-corrected chi connectivity index (χ2v) is 7.73. The van der Waals surface area contributed by atoms with Gasteiger partial charge in [0.05, 0.1) is 29.9 Å².